The van der Waals surface area contributed by atoms with E-state index in [1.165, 1.54) is 6.42 Å². The molecular formula is C16H23N3O2. The van der Waals surface area contributed by atoms with Crippen molar-refractivity contribution in [3.05, 3.63) is 29.6 Å². The first-order valence-electron chi connectivity index (χ1n) is 7.76. The van der Waals surface area contributed by atoms with E-state index in [2.05, 4.69) is 23.0 Å². The van der Waals surface area contributed by atoms with Gasteiger partial charge in [0.05, 0.1) is 13.2 Å². The second-order valence-corrected chi connectivity index (χ2v) is 5.95. The van der Waals surface area contributed by atoms with Gasteiger partial charge in [-0.05, 0) is 38.6 Å². The summed E-state index contributed by atoms with van der Waals surface area (Å²) in [4.78, 5) is 21.3. The topological polar surface area (TPSA) is 45.7 Å². The van der Waals surface area contributed by atoms with Gasteiger partial charge in [-0.3, -0.25) is 4.79 Å². The highest BCUT2D eigenvalue weighted by Gasteiger charge is 2.23. The Balaban J connectivity index is 1.74. The predicted octanol–water partition coefficient (Wildman–Crippen LogP) is 1.36. The minimum atomic E-state index is 0.0318. The molecule has 1 aromatic rings. The standard InChI is InChI=1S/C16H23N3O2/c1-18-7-3-4-13(12-18)14-5-2-6-15(17-14)16(20)19-8-10-21-11-9-19/h2,5-6,13H,3-4,7-12H2,1H3. The van der Waals surface area contributed by atoms with Crippen LogP contribution in [0.3, 0.4) is 0 Å². The van der Waals surface area contributed by atoms with Gasteiger partial charge in [0.25, 0.3) is 5.91 Å². The summed E-state index contributed by atoms with van der Waals surface area (Å²) < 4.78 is 5.30. The third kappa shape index (κ3) is 3.41. The van der Waals surface area contributed by atoms with Crippen LogP contribution >= 0.6 is 0 Å². The van der Waals surface area contributed by atoms with Crippen LogP contribution in [0, 0.1) is 0 Å². The summed E-state index contributed by atoms with van der Waals surface area (Å²) in [7, 11) is 2.15. The van der Waals surface area contributed by atoms with Gasteiger partial charge in [0.2, 0.25) is 0 Å². The van der Waals surface area contributed by atoms with Crippen LogP contribution in [-0.2, 0) is 4.74 Å². The van der Waals surface area contributed by atoms with Crippen LogP contribution in [0.1, 0.15) is 34.9 Å². The van der Waals surface area contributed by atoms with Crippen molar-refractivity contribution in [1.29, 1.82) is 0 Å². The SMILES string of the molecule is CN1CCCC(c2cccc(C(=O)N3CCOCC3)n2)C1. The number of amides is 1. The molecule has 0 saturated carbocycles. The summed E-state index contributed by atoms with van der Waals surface area (Å²) in [5, 5.41) is 0. The number of hydrogen-bond acceptors (Lipinski definition) is 4. The first kappa shape index (κ1) is 14.5. The Morgan fingerprint density at radius 1 is 1.29 bits per heavy atom. The molecule has 0 aromatic carbocycles. The molecule has 3 heterocycles. The maximum atomic E-state index is 12.5. The molecule has 0 spiro atoms. The number of ether oxygens (including phenoxy) is 1. The predicted molar refractivity (Wildman–Crippen MR) is 80.4 cm³/mol. The fourth-order valence-electron chi connectivity index (χ4n) is 3.13. The van der Waals surface area contributed by atoms with Gasteiger partial charge in [0, 0.05) is 31.2 Å². The summed E-state index contributed by atoms with van der Waals surface area (Å²) in [5.41, 5.74) is 1.63. The van der Waals surface area contributed by atoms with Crippen LogP contribution in [0.15, 0.2) is 18.2 Å². The Bertz CT molecular complexity index is 500. The molecule has 5 heteroatoms. The molecule has 0 radical (unpaired) electrons. The van der Waals surface area contributed by atoms with Gasteiger partial charge in [0.15, 0.2) is 0 Å². The van der Waals surface area contributed by atoms with Crippen LogP contribution in [0.5, 0.6) is 0 Å². The van der Waals surface area contributed by atoms with Gasteiger partial charge in [-0.25, -0.2) is 4.98 Å². The molecule has 1 aromatic heterocycles. The molecule has 0 N–H and O–H groups in total. The molecule has 1 amide bonds. The van der Waals surface area contributed by atoms with E-state index in [0.717, 1.165) is 25.2 Å². The molecule has 2 aliphatic heterocycles. The molecule has 1 unspecified atom stereocenters. The number of carbonyl (C=O) groups is 1. The summed E-state index contributed by atoms with van der Waals surface area (Å²) in [6.45, 7) is 4.76. The third-order valence-electron chi connectivity index (χ3n) is 4.33. The van der Waals surface area contributed by atoms with Crippen LogP contribution in [0.2, 0.25) is 0 Å². The number of likely N-dealkylation sites (tertiary alicyclic amines) is 1. The maximum absolute atomic E-state index is 12.5. The first-order chi connectivity index (χ1) is 10.2. The zero-order valence-electron chi connectivity index (χ0n) is 12.6. The van der Waals surface area contributed by atoms with E-state index in [0.29, 0.717) is 37.9 Å². The van der Waals surface area contributed by atoms with Crippen molar-refractivity contribution in [3.8, 4) is 0 Å². The Hall–Kier alpha value is -1.46. The summed E-state index contributed by atoms with van der Waals surface area (Å²) in [5.74, 6) is 0.477. The highest BCUT2D eigenvalue weighted by atomic mass is 16.5. The van der Waals surface area contributed by atoms with Crippen molar-refractivity contribution in [2.75, 3.05) is 46.4 Å². The van der Waals surface area contributed by atoms with E-state index in [4.69, 9.17) is 4.74 Å². The largest absolute Gasteiger partial charge is 0.378 e. The Morgan fingerprint density at radius 2 is 2.10 bits per heavy atom. The van der Waals surface area contributed by atoms with Crippen molar-refractivity contribution in [3.63, 3.8) is 0 Å². The van der Waals surface area contributed by atoms with Gasteiger partial charge < -0.3 is 14.5 Å². The fourth-order valence-corrected chi connectivity index (χ4v) is 3.13. The Morgan fingerprint density at radius 3 is 2.86 bits per heavy atom. The zero-order valence-corrected chi connectivity index (χ0v) is 12.6. The second-order valence-electron chi connectivity index (χ2n) is 5.95. The van der Waals surface area contributed by atoms with Crippen LogP contribution in [-0.4, -0.2) is 67.1 Å². The van der Waals surface area contributed by atoms with Crippen molar-refractivity contribution in [1.82, 2.24) is 14.8 Å². The minimum absolute atomic E-state index is 0.0318. The van der Waals surface area contributed by atoms with Crippen LogP contribution in [0.25, 0.3) is 0 Å². The molecule has 114 valence electrons. The molecule has 2 fully saturated rings. The van der Waals surface area contributed by atoms with Gasteiger partial charge in [-0.2, -0.15) is 0 Å². The minimum Gasteiger partial charge on any atom is -0.378 e. The molecule has 0 bridgehead atoms. The third-order valence-corrected chi connectivity index (χ3v) is 4.33. The quantitative estimate of drug-likeness (QED) is 0.825. The number of hydrogen-bond donors (Lipinski definition) is 0. The fraction of sp³-hybridized carbons (Fsp3) is 0.625. The molecular weight excluding hydrogens is 266 g/mol. The molecule has 21 heavy (non-hydrogen) atoms. The highest BCUT2D eigenvalue weighted by molar-refractivity contribution is 5.92. The van der Waals surface area contributed by atoms with E-state index < -0.39 is 0 Å². The number of pyridine rings is 1. The van der Waals surface area contributed by atoms with E-state index in [9.17, 15) is 4.79 Å². The smallest absolute Gasteiger partial charge is 0.272 e. The normalized spacial score (nSPS) is 24.0. The number of rotatable bonds is 2. The molecule has 1 atom stereocenters. The van der Waals surface area contributed by atoms with Crippen molar-refractivity contribution >= 4 is 5.91 Å². The lowest BCUT2D eigenvalue weighted by atomic mass is 9.94. The Labute approximate surface area is 125 Å². The van der Waals surface area contributed by atoms with E-state index in [-0.39, 0.29) is 5.91 Å². The molecule has 2 aliphatic rings. The molecule has 2 saturated heterocycles. The number of likely N-dealkylation sites (N-methyl/N-ethyl adjacent to an activating group) is 1. The lowest BCUT2D eigenvalue weighted by Crippen LogP contribution is -2.41. The lowest BCUT2D eigenvalue weighted by molar-refractivity contribution is 0.0298. The van der Waals surface area contributed by atoms with Gasteiger partial charge >= 0.3 is 0 Å². The second kappa shape index (κ2) is 6.54. The molecule has 5 nitrogen and oxygen atoms in total. The maximum Gasteiger partial charge on any atom is 0.272 e. The van der Waals surface area contributed by atoms with Crippen LogP contribution < -0.4 is 0 Å². The van der Waals surface area contributed by atoms with E-state index in [1.807, 2.05) is 17.0 Å². The van der Waals surface area contributed by atoms with E-state index >= 15 is 0 Å². The average molecular weight is 289 g/mol. The average Bonchev–Trinajstić information content (AvgIpc) is 2.55. The van der Waals surface area contributed by atoms with Crippen LogP contribution in [0.4, 0.5) is 0 Å². The van der Waals surface area contributed by atoms with Crippen molar-refractivity contribution in [2.24, 2.45) is 0 Å². The van der Waals surface area contributed by atoms with Gasteiger partial charge in [-0.1, -0.05) is 6.07 Å². The Kier molecular flexibility index (Phi) is 4.51. The summed E-state index contributed by atoms with van der Waals surface area (Å²) in [6.07, 6.45) is 2.36. The van der Waals surface area contributed by atoms with Crippen molar-refractivity contribution in [2.45, 2.75) is 18.8 Å². The van der Waals surface area contributed by atoms with Gasteiger partial charge in [-0.15, -0.1) is 0 Å². The number of aromatic nitrogens is 1. The van der Waals surface area contributed by atoms with Gasteiger partial charge in [0.1, 0.15) is 5.69 Å². The summed E-state index contributed by atoms with van der Waals surface area (Å²) in [6, 6.07) is 5.85. The first-order valence-corrected chi connectivity index (χ1v) is 7.76. The lowest BCUT2D eigenvalue weighted by Gasteiger charge is -2.30. The monoisotopic (exact) mass is 289 g/mol. The number of carbonyl (C=O) groups excluding carboxylic acids is 1. The zero-order chi connectivity index (χ0) is 14.7. The summed E-state index contributed by atoms with van der Waals surface area (Å²) >= 11 is 0. The molecule has 0 aliphatic carbocycles. The highest BCUT2D eigenvalue weighted by Crippen LogP contribution is 2.25. The van der Waals surface area contributed by atoms with E-state index in [1.54, 1.807) is 0 Å². The number of nitrogens with zero attached hydrogens (tertiary/aromatic N) is 3. The van der Waals surface area contributed by atoms with Crippen molar-refractivity contribution < 1.29 is 9.53 Å². The number of morpholine rings is 1. The molecule has 3 rings (SSSR count). The number of piperidine rings is 1.